The largest absolute Gasteiger partial charge is 0.481 e. The number of amidine groups is 1. The zero-order chi connectivity index (χ0) is 23.8. The van der Waals surface area contributed by atoms with Gasteiger partial charge in [-0.05, 0) is 42.7 Å². The minimum atomic E-state index is -0.902. The van der Waals surface area contributed by atoms with Gasteiger partial charge in [0.25, 0.3) is 0 Å². The number of carbonyl (C=O) groups is 1. The van der Waals surface area contributed by atoms with Crippen LogP contribution in [-0.2, 0) is 11.2 Å². The highest BCUT2D eigenvalue weighted by Crippen LogP contribution is 2.23. The van der Waals surface area contributed by atoms with Gasteiger partial charge in [-0.2, -0.15) is 0 Å². The summed E-state index contributed by atoms with van der Waals surface area (Å²) in [4.78, 5) is 18.1. The molecule has 0 spiro atoms. The summed E-state index contributed by atoms with van der Waals surface area (Å²) in [5.74, 6) is -0.732. The van der Waals surface area contributed by atoms with Crippen molar-refractivity contribution in [3.8, 4) is 0 Å². The van der Waals surface area contributed by atoms with Crippen LogP contribution < -0.4 is 0 Å². The van der Waals surface area contributed by atoms with E-state index in [0.717, 1.165) is 15.6 Å². The fraction of sp³-hybridized carbons (Fsp3) is 0.185. The third-order valence-electron chi connectivity index (χ3n) is 5.32. The van der Waals surface area contributed by atoms with Crippen LogP contribution in [0.1, 0.15) is 28.7 Å². The molecule has 3 aromatic carbocycles. The first-order chi connectivity index (χ1) is 15.8. The first-order valence-corrected chi connectivity index (χ1v) is 11.4. The van der Waals surface area contributed by atoms with Crippen LogP contribution in [0.2, 0.25) is 0 Å². The van der Waals surface area contributed by atoms with Gasteiger partial charge in [-0.15, -0.1) is 0 Å². The zero-order valence-electron chi connectivity index (χ0n) is 18.5. The standard InChI is InChI=1S/C27H26BrFN2O2/c1-19-24(12-7-13-25(19)29)27(30-20(2)22-10-6-11-23(28)18-22)31(17-15-26(32)33)16-14-21-8-4-3-5-9-21/h3-13,18H,2,14-17H2,1H3,(H,32,33). The second kappa shape index (κ2) is 11.6. The van der Waals surface area contributed by atoms with E-state index in [0.29, 0.717) is 35.6 Å². The Hall–Kier alpha value is -3.25. The summed E-state index contributed by atoms with van der Waals surface area (Å²) < 4.78 is 15.4. The van der Waals surface area contributed by atoms with Crippen LogP contribution in [0.15, 0.2) is 88.8 Å². The molecule has 0 saturated carbocycles. The van der Waals surface area contributed by atoms with Crippen LogP contribution in [0.25, 0.3) is 5.70 Å². The Balaban J connectivity index is 2.04. The van der Waals surface area contributed by atoms with E-state index in [1.165, 1.54) is 6.07 Å². The predicted molar refractivity (Wildman–Crippen MR) is 135 cm³/mol. The van der Waals surface area contributed by atoms with E-state index >= 15 is 0 Å². The van der Waals surface area contributed by atoms with Crippen LogP contribution in [0.3, 0.4) is 0 Å². The van der Waals surface area contributed by atoms with Gasteiger partial charge in [0.1, 0.15) is 11.7 Å². The van der Waals surface area contributed by atoms with E-state index in [-0.39, 0.29) is 18.8 Å². The van der Waals surface area contributed by atoms with Crippen molar-refractivity contribution < 1.29 is 14.3 Å². The summed E-state index contributed by atoms with van der Waals surface area (Å²) >= 11 is 3.47. The molecule has 0 saturated heterocycles. The van der Waals surface area contributed by atoms with Gasteiger partial charge < -0.3 is 10.0 Å². The van der Waals surface area contributed by atoms with Gasteiger partial charge in [0, 0.05) is 28.7 Å². The molecule has 33 heavy (non-hydrogen) atoms. The molecule has 3 aromatic rings. The molecule has 0 unspecified atom stereocenters. The van der Waals surface area contributed by atoms with E-state index in [4.69, 9.17) is 4.99 Å². The number of benzene rings is 3. The second-order valence-electron chi connectivity index (χ2n) is 7.67. The summed E-state index contributed by atoms with van der Waals surface area (Å²) in [7, 11) is 0. The Morgan fingerprint density at radius 3 is 2.48 bits per heavy atom. The van der Waals surface area contributed by atoms with Crippen molar-refractivity contribution in [3.05, 3.63) is 112 Å². The highest BCUT2D eigenvalue weighted by molar-refractivity contribution is 9.10. The van der Waals surface area contributed by atoms with Crippen molar-refractivity contribution in [3.63, 3.8) is 0 Å². The smallest absolute Gasteiger partial charge is 0.305 e. The maximum absolute atomic E-state index is 14.5. The SMILES string of the molecule is C=C(N=C(c1cccc(F)c1C)N(CCC(=O)O)CCc1ccccc1)c1cccc(Br)c1. The monoisotopic (exact) mass is 508 g/mol. The van der Waals surface area contributed by atoms with Crippen molar-refractivity contribution in [1.82, 2.24) is 4.90 Å². The Morgan fingerprint density at radius 1 is 1.06 bits per heavy atom. The molecule has 0 aromatic heterocycles. The number of aliphatic imine (C=N–C) groups is 1. The van der Waals surface area contributed by atoms with E-state index in [2.05, 4.69) is 22.5 Å². The number of hydrogen-bond donors (Lipinski definition) is 1. The van der Waals surface area contributed by atoms with Gasteiger partial charge in [0.05, 0.1) is 12.1 Å². The summed E-state index contributed by atoms with van der Waals surface area (Å²) in [6.07, 6.45) is 0.628. The van der Waals surface area contributed by atoms with Gasteiger partial charge in [-0.25, -0.2) is 9.38 Å². The maximum Gasteiger partial charge on any atom is 0.305 e. The molecular weight excluding hydrogens is 483 g/mol. The third kappa shape index (κ3) is 6.86. The molecule has 0 bridgehead atoms. The molecule has 4 nitrogen and oxygen atoms in total. The topological polar surface area (TPSA) is 52.9 Å². The number of halogens is 2. The van der Waals surface area contributed by atoms with Crippen LogP contribution in [0, 0.1) is 12.7 Å². The van der Waals surface area contributed by atoms with Crippen molar-refractivity contribution in [1.29, 1.82) is 0 Å². The Bertz CT molecular complexity index is 1160. The predicted octanol–water partition coefficient (Wildman–Crippen LogP) is 6.33. The molecule has 0 atom stereocenters. The Labute approximate surface area is 202 Å². The fourth-order valence-electron chi connectivity index (χ4n) is 3.47. The quantitative estimate of drug-likeness (QED) is 0.271. The van der Waals surface area contributed by atoms with E-state index in [1.807, 2.05) is 65.6 Å². The molecular formula is C27H26BrFN2O2. The van der Waals surface area contributed by atoms with Gasteiger partial charge >= 0.3 is 5.97 Å². The van der Waals surface area contributed by atoms with Crippen molar-refractivity contribution in [2.24, 2.45) is 4.99 Å². The first kappa shape index (κ1) is 24.4. The lowest BCUT2D eigenvalue weighted by atomic mass is 10.0. The summed E-state index contributed by atoms with van der Waals surface area (Å²) in [5, 5.41) is 9.34. The van der Waals surface area contributed by atoms with Crippen molar-refractivity contribution in [2.75, 3.05) is 13.1 Å². The lowest BCUT2D eigenvalue weighted by Gasteiger charge is -2.27. The zero-order valence-corrected chi connectivity index (χ0v) is 20.1. The molecule has 3 rings (SSSR count). The number of nitrogens with zero attached hydrogens (tertiary/aromatic N) is 2. The number of aliphatic carboxylic acids is 1. The maximum atomic E-state index is 14.5. The Morgan fingerprint density at radius 2 is 1.79 bits per heavy atom. The number of hydrogen-bond acceptors (Lipinski definition) is 2. The van der Waals surface area contributed by atoms with E-state index < -0.39 is 5.97 Å². The van der Waals surface area contributed by atoms with Crippen LogP contribution in [-0.4, -0.2) is 34.9 Å². The summed E-state index contributed by atoms with van der Waals surface area (Å²) in [6, 6.07) is 22.4. The highest BCUT2D eigenvalue weighted by Gasteiger charge is 2.19. The molecule has 0 aliphatic heterocycles. The lowest BCUT2D eigenvalue weighted by Crippen LogP contribution is -2.36. The van der Waals surface area contributed by atoms with Gasteiger partial charge in [0.2, 0.25) is 0 Å². The van der Waals surface area contributed by atoms with Crippen molar-refractivity contribution in [2.45, 2.75) is 19.8 Å². The number of carboxylic acid groups (broad SMARTS) is 1. The first-order valence-electron chi connectivity index (χ1n) is 10.6. The molecule has 0 aliphatic rings. The van der Waals surface area contributed by atoms with E-state index in [1.54, 1.807) is 13.0 Å². The lowest BCUT2D eigenvalue weighted by molar-refractivity contribution is -0.137. The third-order valence-corrected chi connectivity index (χ3v) is 5.81. The fourth-order valence-corrected chi connectivity index (χ4v) is 3.87. The minimum absolute atomic E-state index is 0.0640. The van der Waals surface area contributed by atoms with Gasteiger partial charge in [-0.1, -0.05) is 77.1 Å². The Kier molecular flexibility index (Phi) is 8.55. The minimum Gasteiger partial charge on any atom is -0.481 e. The number of rotatable bonds is 9. The summed E-state index contributed by atoms with van der Waals surface area (Å²) in [6.45, 7) is 6.60. The molecule has 170 valence electrons. The van der Waals surface area contributed by atoms with Crippen molar-refractivity contribution >= 4 is 33.4 Å². The van der Waals surface area contributed by atoms with Crippen LogP contribution >= 0.6 is 15.9 Å². The molecule has 6 heteroatoms. The van der Waals surface area contributed by atoms with E-state index in [9.17, 15) is 14.3 Å². The molecule has 1 N–H and O–H groups in total. The van der Waals surface area contributed by atoms with Gasteiger partial charge in [-0.3, -0.25) is 4.79 Å². The average molecular weight is 509 g/mol. The molecule has 0 radical (unpaired) electrons. The van der Waals surface area contributed by atoms with Crippen LogP contribution in [0.5, 0.6) is 0 Å². The normalized spacial score (nSPS) is 11.3. The molecule has 0 aliphatic carbocycles. The average Bonchev–Trinajstić information content (AvgIpc) is 2.80. The summed E-state index contributed by atoms with van der Waals surface area (Å²) in [5.41, 5.74) is 3.52. The second-order valence-corrected chi connectivity index (χ2v) is 8.59. The van der Waals surface area contributed by atoms with Crippen LogP contribution in [0.4, 0.5) is 4.39 Å². The van der Waals surface area contributed by atoms with Gasteiger partial charge in [0.15, 0.2) is 0 Å². The molecule has 0 heterocycles. The number of carboxylic acids is 1. The highest BCUT2D eigenvalue weighted by atomic mass is 79.9. The molecule has 0 amide bonds. The molecule has 0 fully saturated rings.